The van der Waals surface area contributed by atoms with E-state index in [9.17, 15) is 9.90 Å². The summed E-state index contributed by atoms with van der Waals surface area (Å²) >= 11 is 0. The van der Waals surface area contributed by atoms with E-state index in [1.54, 1.807) is 30.5 Å². The van der Waals surface area contributed by atoms with Crippen molar-refractivity contribution in [1.82, 2.24) is 4.98 Å². The number of amides is 1. The van der Waals surface area contributed by atoms with Gasteiger partial charge in [0.05, 0.1) is 12.6 Å². The van der Waals surface area contributed by atoms with Gasteiger partial charge in [0.2, 0.25) is 0 Å². The lowest BCUT2D eigenvalue weighted by Gasteiger charge is -2.09. The third-order valence-corrected chi connectivity index (χ3v) is 3.30. The molecular formula is C17H14N2O3. The Balaban J connectivity index is 1.86. The molecule has 0 atom stereocenters. The van der Waals surface area contributed by atoms with Crippen molar-refractivity contribution in [3.63, 3.8) is 0 Å². The Bertz CT molecular complexity index is 846. The van der Waals surface area contributed by atoms with Crippen LogP contribution in [0.4, 0.5) is 5.69 Å². The highest BCUT2D eigenvalue weighted by Gasteiger charge is 2.09. The molecule has 5 heteroatoms. The van der Waals surface area contributed by atoms with Gasteiger partial charge in [-0.1, -0.05) is 6.07 Å². The van der Waals surface area contributed by atoms with Crippen LogP contribution >= 0.6 is 0 Å². The van der Waals surface area contributed by atoms with Gasteiger partial charge in [-0.05, 0) is 36.4 Å². The van der Waals surface area contributed by atoms with Gasteiger partial charge in [0, 0.05) is 28.9 Å². The van der Waals surface area contributed by atoms with Crippen molar-refractivity contribution in [2.75, 3.05) is 12.4 Å². The molecule has 3 aromatic rings. The number of nitrogens with zero attached hydrogens (tertiary/aromatic N) is 1. The molecule has 2 N–H and O–H groups in total. The Morgan fingerprint density at radius 3 is 2.86 bits per heavy atom. The molecule has 0 aliphatic carbocycles. The molecule has 5 nitrogen and oxygen atoms in total. The minimum atomic E-state index is -0.238. The summed E-state index contributed by atoms with van der Waals surface area (Å²) in [6, 6.07) is 13.7. The molecule has 0 fully saturated rings. The molecule has 1 aromatic heterocycles. The molecule has 0 unspecified atom stereocenters. The third-order valence-electron chi connectivity index (χ3n) is 3.30. The summed E-state index contributed by atoms with van der Waals surface area (Å²) in [6.07, 6.45) is 1.71. The zero-order chi connectivity index (χ0) is 15.5. The summed E-state index contributed by atoms with van der Waals surface area (Å²) in [4.78, 5) is 16.5. The van der Waals surface area contributed by atoms with Crippen LogP contribution in [0.25, 0.3) is 10.9 Å². The number of rotatable bonds is 3. The first-order valence-corrected chi connectivity index (χ1v) is 6.70. The zero-order valence-electron chi connectivity index (χ0n) is 11.9. The number of anilines is 1. The Morgan fingerprint density at radius 1 is 1.18 bits per heavy atom. The fourth-order valence-electron chi connectivity index (χ4n) is 2.18. The van der Waals surface area contributed by atoms with Gasteiger partial charge in [0.25, 0.3) is 5.91 Å². The van der Waals surface area contributed by atoms with E-state index < -0.39 is 0 Å². The maximum absolute atomic E-state index is 12.3. The van der Waals surface area contributed by atoms with E-state index in [0.29, 0.717) is 17.0 Å². The molecule has 22 heavy (non-hydrogen) atoms. The molecule has 1 amide bonds. The Kier molecular flexibility index (Phi) is 3.62. The van der Waals surface area contributed by atoms with Crippen molar-refractivity contribution in [2.24, 2.45) is 0 Å². The maximum Gasteiger partial charge on any atom is 0.255 e. The smallest absolute Gasteiger partial charge is 0.255 e. The number of ether oxygens (including phenoxy) is 1. The van der Waals surface area contributed by atoms with Crippen LogP contribution in [0.2, 0.25) is 0 Å². The number of carbonyl (C=O) groups is 1. The number of hydrogen-bond donors (Lipinski definition) is 2. The van der Waals surface area contributed by atoms with E-state index in [1.807, 2.05) is 18.2 Å². The van der Waals surface area contributed by atoms with Crippen LogP contribution in [0, 0.1) is 0 Å². The van der Waals surface area contributed by atoms with E-state index in [0.717, 1.165) is 10.9 Å². The molecule has 1 heterocycles. The lowest BCUT2D eigenvalue weighted by molar-refractivity contribution is 0.102. The summed E-state index contributed by atoms with van der Waals surface area (Å²) in [5, 5.41) is 13.2. The number of benzene rings is 2. The predicted octanol–water partition coefficient (Wildman–Crippen LogP) is 3.20. The topological polar surface area (TPSA) is 71.5 Å². The van der Waals surface area contributed by atoms with Crippen LogP contribution < -0.4 is 10.1 Å². The van der Waals surface area contributed by atoms with Gasteiger partial charge in [-0.3, -0.25) is 9.78 Å². The normalized spacial score (nSPS) is 10.4. The van der Waals surface area contributed by atoms with E-state index in [4.69, 9.17) is 4.74 Å². The second-order valence-electron chi connectivity index (χ2n) is 4.75. The maximum atomic E-state index is 12.3. The lowest BCUT2D eigenvalue weighted by Crippen LogP contribution is -2.11. The van der Waals surface area contributed by atoms with Crippen LogP contribution in [0.3, 0.4) is 0 Å². The van der Waals surface area contributed by atoms with Crippen molar-refractivity contribution >= 4 is 22.5 Å². The van der Waals surface area contributed by atoms with Crippen LogP contribution in [-0.2, 0) is 0 Å². The number of phenolic OH excluding ortho intramolecular Hbond substituents is 1. The minimum absolute atomic E-state index is 0.0253. The second kappa shape index (κ2) is 5.73. The average molecular weight is 294 g/mol. The van der Waals surface area contributed by atoms with E-state index in [2.05, 4.69) is 10.3 Å². The van der Waals surface area contributed by atoms with Crippen LogP contribution in [0.1, 0.15) is 10.4 Å². The van der Waals surface area contributed by atoms with Crippen LogP contribution in [-0.4, -0.2) is 23.1 Å². The van der Waals surface area contributed by atoms with Crippen molar-refractivity contribution < 1.29 is 14.6 Å². The first kappa shape index (κ1) is 13.9. The number of aromatic hydroxyl groups is 1. The molecule has 0 radical (unpaired) electrons. The van der Waals surface area contributed by atoms with Crippen molar-refractivity contribution in [1.29, 1.82) is 0 Å². The van der Waals surface area contributed by atoms with E-state index >= 15 is 0 Å². The zero-order valence-corrected chi connectivity index (χ0v) is 11.9. The Hall–Kier alpha value is -3.08. The Labute approximate surface area is 127 Å². The molecule has 3 rings (SSSR count). The number of carbonyl (C=O) groups excluding carboxylic acids is 1. The first-order chi connectivity index (χ1) is 10.7. The monoisotopic (exact) mass is 294 g/mol. The van der Waals surface area contributed by atoms with Gasteiger partial charge >= 0.3 is 0 Å². The molecule has 2 aromatic carbocycles. The summed E-state index contributed by atoms with van der Waals surface area (Å²) in [5.74, 6) is 0.0938. The number of hydrogen-bond acceptors (Lipinski definition) is 4. The summed E-state index contributed by atoms with van der Waals surface area (Å²) in [7, 11) is 1.46. The predicted molar refractivity (Wildman–Crippen MR) is 84.4 cm³/mol. The second-order valence-corrected chi connectivity index (χ2v) is 4.75. The highest BCUT2D eigenvalue weighted by atomic mass is 16.5. The molecule has 0 saturated carbocycles. The number of methoxy groups -OCH3 is 1. The van der Waals surface area contributed by atoms with Gasteiger partial charge in [0.1, 0.15) is 0 Å². The van der Waals surface area contributed by atoms with Gasteiger partial charge in [-0.15, -0.1) is 0 Å². The van der Waals surface area contributed by atoms with Crippen molar-refractivity contribution in [3.05, 3.63) is 60.3 Å². The number of phenols is 1. The highest BCUT2D eigenvalue weighted by Crippen LogP contribution is 2.28. The quantitative estimate of drug-likeness (QED) is 0.728. The van der Waals surface area contributed by atoms with E-state index in [1.165, 1.54) is 13.2 Å². The first-order valence-electron chi connectivity index (χ1n) is 6.70. The molecule has 110 valence electrons. The fourth-order valence-corrected chi connectivity index (χ4v) is 2.18. The Morgan fingerprint density at radius 2 is 2.05 bits per heavy atom. The third kappa shape index (κ3) is 2.69. The standard InChI is InChI=1S/C17H14N2O3/c1-22-16-10-13(5-7-15(16)20)19-17(21)12-4-6-14-11(9-12)3-2-8-18-14/h2-10,20H,1H3,(H,19,21). The molecule has 0 saturated heterocycles. The van der Waals surface area contributed by atoms with Gasteiger partial charge in [-0.2, -0.15) is 0 Å². The summed E-state index contributed by atoms with van der Waals surface area (Å²) in [6.45, 7) is 0. The molecule has 0 spiro atoms. The largest absolute Gasteiger partial charge is 0.504 e. The highest BCUT2D eigenvalue weighted by molar-refractivity contribution is 6.06. The van der Waals surface area contributed by atoms with Gasteiger partial charge in [-0.25, -0.2) is 0 Å². The molecule has 0 aliphatic rings. The molecular weight excluding hydrogens is 280 g/mol. The van der Waals surface area contributed by atoms with Gasteiger partial charge < -0.3 is 15.2 Å². The fraction of sp³-hybridized carbons (Fsp3) is 0.0588. The number of pyridine rings is 1. The van der Waals surface area contributed by atoms with Crippen molar-refractivity contribution in [2.45, 2.75) is 0 Å². The summed E-state index contributed by atoms with van der Waals surface area (Å²) in [5.41, 5.74) is 1.92. The SMILES string of the molecule is COc1cc(NC(=O)c2ccc3ncccc3c2)ccc1O. The van der Waals surface area contributed by atoms with Crippen LogP contribution in [0.15, 0.2) is 54.7 Å². The van der Waals surface area contributed by atoms with Crippen molar-refractivity contribution in [3.8, 4) is 11.5 Å². The van der Waals surface area contributed by atoms with Crippen LogP contribution in [0.5, 0.6) is 11.5 Å². The van der Waals surface area contributed by atoms with Gasteiger partial charge in [0.15, 0.2) is 11.5 Å². The number of aromatic nitrogens is 1. The van der Waals surface area contributed by atoms with E-state index in [-0.39, 0.29) is 11.7 Å². The molecule has 0 aliphatic heterocycles. The molecule has 0 bridgehead atoms. The number of fused-ring (bicyclic) bond motifs is 1. The summed E-state index contributed by atoms with van der Waals surface area (Å²) < 4.78 is 5.02. The lowest BCUT2D eigenvalue weighted by atomic mass is 10.1. The number of nitrogens with one attached hydrogen (secondary N) is 1. The average Bonchev–Trinajstić information content (AvgIpc) is 2.56. The minimum Gasteiger partial charge on any atom is -0.504 e.